The summed E-state index contributed by atoms with van der Waals surface area (Å²) in [5.41, 5.74) is 6.01. The van der Waals surface area contributed by atoms with Crippen LogP contribution in [0.25, 0.3) is 5.82 Å². The van der Waals surface area contributed by atoms with Gasteiger partial charge in [-0.3, -0.25) is 0 Å². The number of aliphatic imine (C=N–C) groups is 1. The average molecular weight is 354 g/mol. The van der Waals surface area contributed by atoms with Crippen molar-refractivity contribution in [3.05, 3.63) is 101 Å². The van der Waals surface area contributed by atoms with E-state index in [-0.39, 0.29) is 5.41 Å². The summed E-state index contributed by atoms with van der Waals surface area (Å²) in [6.45, 7) is 6.54. The minimum atomic E-state index is -0.307. The molecular weight excluding hydrogens is 328 g/mol. The van der Waals surface area contributed by atoms with E-state index in [1.807, 2.05) is 0 Å². The first-order chi connectivity index (χ1) is 13.2. The molecule has 136 valence electrons. The van der Waals surface area contributed by atoms with Gasteiger partial charge in [-0.15, -0.1) is 0 Å². The smallest absolute Gasteiger partial charge is 0.134 e. The summed E-state index contributed by atoms with van der Waals surface area (Å²) in [5, 5.41) is 0. The minimum absolute atomic E-state index is 0.307. The van der Waals surface area contributed by atoms with E-state index in [0.29, 0.717) is 0 Å². The molecule has 0 bridgehead atoms. The SMILES string of the molecule is CCCC1=NC(n2ccc(C)c2C)=CC1(c1ccccc1)c1ccccc1. The quantitative estimate of drug-likeness (QED) is 0.523. The molecule has 0 aliphatic carbocycles. The normalized spacial score (nSPS) is 15.5. The molecule has 2 aromatic carbocycles. The lowest BCUT2D eigenvalue weighted by Gasteiger charge is -2.30. The fourth-order valence-electron chi connectivity index (χ4n) is 4.07. The molecule has 3 aromatic rings. The Morgan fingerprint density at radius 2 is 1.44 bits per heavy atom. The molecule has 0 atom stereocenters. The fraction of sp³-hybridized carbons (Fsp3) is 0.240. The first-order valence-corrected chi connectivity index (χ1v) is 9.73. The van der Waals surface area contributed by atoms with Crippen LogP contribution in [0.2, 0.25) is 0 Å². The van der Waals surface area contributed by atoms with E-state index < -0.39 is 0 Å². The summed E-state index contributed by atoms with van der Waals surface area (Å²) in [7, 11) is 0. The Balaban J connectivity index is 1.99. The molecule has 0 fully saturated rings. The molecule has 0 N–H and O–H groups in total. The third-order valence-electron chi connectivity index (χ3n) is 5.65. The van der Waals surface area contributed by atoms with Crippen LogP contribution in [0, 0.1) is 13.8 Å². The second kappa shape index (κ2) is 7.03. The fourth-order valence-corrected chi connectivity index (χ4v) is 4.07. The van der Waals surface area contributed by atoms with E-state index in [0.717, 1.165) is 18.7 Å². The number of allylic oxidation sites excluding steroid dienone is 1. The summed E-state index contributed by atoms with van der Waals surface area (Å²) >= 11 is 0. The van der Waals surface area contributed by atoms with Gasteiger partial charge in [0.2, 0.25) is 0 Å². The summed E-state index contributed by atoms with van der Waals surface area (Å²) in [4.78, 5) is 5.17. The highest BCUT2D eigenvalue weighted by atomic mass is 15.1. The Hall–Kier alpha value is -2.87. The topological polar surface area (TPSA) is 17.3 Å². The molecule has 0 saturated heterocycles. The molecule has 0 saturated carbocycles. The van der Waals surface area contributed by atoms with E-state index in [2.05, 4.69) is 104 Å². The van der Waals surface area contributed by atoms with Crippen molar-refractivity contribution in [3.63, 3.8) is 0 Å². The van der Waals surface area contributed by atoms with Gasteiger partial charge in [0.25, 0.3) is 0 Å². The lowest BCUT2D eigenvalue weighted by Crippen LogP contribution is -2.33. The van der Waals surface area contributed by atoms with Crippen molar-refractivity contribution in [1.82, 2.24) is 4.57 Å². The van der Waals surface area contributed by atoms with Gasteiger partial charge in [0.05, 0.1) is 5.41 Å². The highest BCUT2D eigenvalue weighted by molar-refractivity contribution is 6.06. The monoisotopic (exact) mass is 354 g/mol. The summed E-state index contributed by atoms with van der Waals surface area (Å²) in [5.74, 6) is 1.02. The van der Waals surface area contributed by atoms with Crippen LogP contribution in [0.5, 0.6) is 0 Å². The van der Waals surface area contributed by atoms with Gasteiger partial charge in [0.1, 0.15) is 5.82 Å². The van der Waals surface area contributed by atoms with Crippen molar-refractivity contribution in [2.24, 2.45) is 4.99 Å². The van der Waals surface area contributed by atoms with E-state index in [4.69, 9.17) is 4.99 Å². The van der Waals surface area contributed by atoms with E-state index in [9.17, 15) is 0 Å². The van der Waals surface area contributed by atoms with Gasteiger partial charge < -0.3 is 4.57 Å². The van der Waals surface area contributed by atoms with E-state index in [1.54, 1.807) is 0 Å². The lowest BCUT2D eigenvalue weighted by molar-refractivity contribution is 0.832. The van der Waals surface area contributed by atoms with Gasteiger partial charge in [0.15, 0.2) is 0 Å². The first-order valence-electron chi connectivity index (χ1n) is 9.73. The van der Waals surface area contributed by atoms with Crippen LogP contribution >= 0.6 is 0 Å². The van der Waals surface area contributed by atoms with Crippen LogP contribution in [0.4, 0.5) is 0 Å². The molecule has 0 spiro atoms. The molecule has 1 aromatic heterocycles. The standard InChI is InChI=1S/C25H26N2/c1-4-11-23-25(21-12-7-5-8-13-21,22-14-9-6-10-15-22)18-24(26-23)27-17-16-19(2)20(27)3/h5-10,12-18H,4,11H2,1-3H3. The Bertz CT molecular complexity index is 952. The minimum Gasteiger partial charge on any atom is -0.306 e. The van der Waals surface area contributed by atoms with Crippen molar-refractivity contribution in [3.8, 4) is 0 Å². The average Bonchev–Trinajstić information content (AvgIpc) is 3.25. The Morgan fingerprint density at radius 1 is 0.852 bits per heavy atom. The largest absolute Gasteiger partial charge is 0.306 e. The highest BCUT2D eigenvalue weighted by Gasteiger charge is 2.41. The second-order valence-corrected chi connectivity index (χ2v) is 7.31. The molecule has 0 amide bonds. The molecule has 1 aliphatic rings. The summed E-state index contributed by atoms with van der Waals surface area (Å²) in [6, 6.07) is 23.7. The zero-order valence-electron chi connectivity index (χ0n) is 16.3. The number of rotatable bonds is 5. The molecule has 27 heavy (non-hydrogen) atoms. The van der Waals surface area contributed by atoms with Crippen molar-refractivity contribution in [2.75, 3.05) is 0 Å². The zero-order chi connectivity index (χ0) is 18.9. The van der Waals surface area contributed by atoms with E-state index >= 15 is 0 Å². The highest BCUT2D eigenvalue weighted by Crippen LogP contribution is 2.43. The summed E-state index contributed by atoms with van der Waals surface area (Å²) < 4.78 is 2.22. The van der Waals surface area contributed by atoms with Gasteiger partial charge in [-0.2, -0.15) is 0 Å². The Labute approximate surface area is 161 Å². The molecule has 1 aliphatic heterocycles. The molecule has 0 unspecified atom stereocenters. The molecule has 2 nitrogen and oxygen atoms in total. The van der Waals surface area contributed by atoms with Crippen molar-refractivity contribution >= 4 is 11.5 Å². The van der Waals surface area contributed by atoms with Crippen LogP contribution in [0.1, 0.15) is 42.1 Å². The Morgan fingerprint density at radius 3 is 1.93 bits per heavy atom. The number of benzene rings is 2. The van der Waals surface area contributed by atoms with Gasteiger partial charge in [-0.25, -0.2) is 4.99 Å². The number of aryl methyl sites for hydroxylation is 1. The first kappa shape index (κ1) is 17.5. The van der Waals surface area contributed by atoms with Gasteiger partial charge >= 0.3 is 0 Å². The molecule has 2 heterocycles. The van der Waals surface area contributed by atoms with E-state index in [1.165, 1.54) is 28.1 Å². The van der Waals surface area contributed by atoms with Gasteiger partial charge in [-0.05, 0) is 49.1 Å². The number of nitrogens with zero attached hydrogens (tertiary/aromatic N) is 2. The van der Waals surface area contributed by atoms with Crippen LogP contribution in [-0.2, 0) is 5.41 Å². The maximum atomic E-state index is 5.17. The molecule has 0 radical (unpaired) electrons. The third-order valence-corrected chi connectivity index (χ3v) is 5.65. The molecule has 4 rings (SSSR count). The van der Waals surface area contributed by atoms with Crippen LogP contribution in [0.15, 0.2) is 84.0 Å². The van der Waals surface area contributed by atoms with Crippen molar-refractivity contribution in [2.45, 2.75) is 39.0 Å². The molecular formula is C25H26N2. The van der Waals surface area contributed by atoms with Crippen molar-refractivity contribution in [1.29, 1.82) is 0 Å². The van der Waals surface area contributed by atoms with Crippen LogP contribution in [0.3, 0.4) is 0 Å². The van der Waals surface area contributed by atoms with Gasteiger partial charge in [-0.1, -0.05) is 74.0 Å². The van der Waals surface area contributed by atoms with Crippen molar-refractivity contribution < 1.29 is 0 Å². The second-order valence-electron chi connectivity index (χ2n) is 7.31. The molecule has 2 heteroatoms. The predicted molar refractivity (Wildman–Crippen MR) is 114 cm³/mol. The summed E-state index contributed by atoms with van der Waals surface area (Å²) in [6.07, 6.45) is 6.54. The lowest BCUT2D eigenvalue weighted by atomic mass is 9.70. The van der Waals surface area contributed by atoms with Crippen LogP contribution in [-0.4, -0.2) is 10.3 Å². The number of hydrogen-bond donors (Lipinski definition) is 0. The van der Waals surface area contributed by atoms with Gasteiger partial charge in [0, 0.05) is 17.6 Å². The zero-order valence-corrected chi connectivity index (χ0v) is 16.3. The number of hydrogen-bond acceptors (Lipinski definition) is 1. The van der Waals surface area contributed by atoms with Crippen LogP contribution < -0.4 is 0 Å². The maximum Gasteiger partial charge on any atom is 0.134 e. The number of aromatic nitrogens is 1. The maximum absolute atomic E-state index is 5.17. The predicted octanol–water partition coefficient (Wildman–Crippen LogP) is 6.14. The third kappa shape index (κ3) is 2.86. The Kier molecular flexibility index (Phi) is 4.57.